The van der Waals surface area contributed by atoms with Crippen LogP contribution >= 0.6 is 13.5 Å². The highest BCUT2D eigenvalue weighted by molar-refractivity contribution is 7.59. The van der Waals surface area contributed by atoms with Gasteiger partial charge in [0.1, 0.15) is 5.69 Å². The molecule has 0 bridgehead atoms. The van der Waals surface area contributed by atoms with Gasteiger partial charge in [0.25, 0.3) is 0 Å². The number of aromatic nitrogens is 1. The number of rotatable bonds is 9. The number of nitrogens with one attached hydrogen (secondary N) is 1. The van der Waals surface area contributed by atoms with Gasteiger partial charge in [-0.25, -0.2) is 4.98 Å². The first-order chi connectivity index (χ1) is 15.3. The molecule has 0 aliphatic heterocycles. The number of nitrogens with zero attached hydrogens (tertiary/aromatic N) is 1. The molecule has 33 heavy (non-hydrogen) atoms. The third-order valence-corrected chi connectivity index (χ3v) is 5.16. The van der Waals surface area contributed by atoms with Crippen LogP contribution in [0.2, 0.25) is 0 Å². The molecule has 0 aliphatic carbocycles. The van der Waals surface area contributed by atoms with Gasteiger partial charge in [0.05, 0.1) is 18.4 Å². The van der Waals surface area contributed by atoms with Crippen molar-refractivity contribution < 1.29 is 23.0 Å². The summed E-state index contributed by atoms with van der Waals surface area (Å²) in [6.07, 6.45) is -5.09. The van der Waals surface area contributed by atoms with Crippen molar-refractivity contribution in [3.05, 3.63) is 89.1 Å². The lowest BCUT2D eigenvalue weighted by molar-refractivity contribution is -0.141. The average Bonchev–Trinajstić information content (AvgIpc) is 2.77. The summed E-state index contributed by atoms with van der Waals surface area (Å²) in [4.78, 5) is 3.79. The van der Waals surface area contributed by atoms with E-state index in [0.717, 1.165) is 17.2 Å². The molecule has 4 nitrogen and oxygen atoms in total. The molecule has 2 atom stereocenters. The maximum Gasteiger partial charge on any atom is 0.433 e. The van der Waals surface area contributed by atoms with Crippen molar-refractivity contribution in [3.8, 4) is 11.3 Å². The van der Waals surface area contributed by atoms with Crippen LogP contribution in [0.25, 0.3) is 11.3 Å². The Morgan fingerprint density at radius 2 is 1.70 bits per heavy atom. The molecule has 1 aromatic heterocycles. The first-order valence-electron chi connectivity index (χ1n) is 10.4. The second-order valence-electron chi connectivity index (χ2n) is 7.80. The highest BCUT2D eigenvalue weighted by Crippen LogP contribution is 2.32. The zero-order valence-corrected chi connectivity index (χ0v) is 19.6. The first-order valence-corrected chi connectivity index (χ1v) is 10.4. The number of halogens is 3. The molecule has 0 fully saturated rings. The predicted molar refractivity (Wildman–Crippen MR) is 129 cm³/mol. The van der Waals surface area contributed by atoms with Gasteiger partial charge in [0, 0.05) is 25.3 Å². The Hall–Kier alpha value is -2.39. The van der Waals surface area contributed by atoms with Crippen molar-refractivity contribution in [2.24, 2.45) is 0 Å². The van der Waals surface area contributed by atoms with E-state index in [4.69, 9.17) is 4.74 Å². The molecule has 2 N–H and O–H groups in total. The fraction of sp³-hybridized carbons (Fsp3) is 0.320. The molecule has 8 heteroatoms. The van der Waals surface area contributed by atoms with Gasteiger partial charge < -0.3 is 15.2 Å². The highest BCUT2D eigenvalue weighted by atomic mass is 32.1. The fourth-order valence-corrected chi connectivity index (χ4v) is 3.45. The van der Waals surface area contributed by atoms with E-state index in [-0.39, 0.29) is 37.3 Å². The van der Waals surface area contributed by atoms with Gasteiger partial charge in [0.15, 0.2) is 0 Å². The first kappa shape index (κ1) is 26.9. The lowest BCUT2D eigenvalue weighted by atomic mass is 10.0. The van der Waals surface area contributed by atoms with E-state index in [2.05, 4.69) is 10.3 Å². The van der Waals surface area contributed by atoms with E-state index in [9.17, 15) is 18.3 Å². The molecule has 1 unspecified atom stereocenters. The van der Waals surface area contributed by atoms with Gasteiger partial charge >= 0.3 is 6.18 Å². The molecule has 2 aromatic carbocycles. The quantitative estimate of drug-likeness (QED) is 0.451. The third-order valence-electron chi connectivity index (χ3n) is 5.16. The van der Waals surface area contributed by atoms with Gasteiger partial charge in [-0.2, -0.15) is 26.7 Å². The average molecular weight is 479 g/mol. The molecule has 3 rings (SSSR count). The Morgan fingerprint density at radius 3 is 2.30 bits per heavy atom. The molecule has 0 saturated carbocycles. The number of aliphatic hydroxyl groups excluding tert-OH is 1. The monoisotopic (exact) mass is 478 g/mol. The van der Waals surface area contributed by atoms with Gasteiger partial charge in [-0.3, -0.25) is 0 Å². The van der Waals surface area contributed by atoms with Crippen LogP contribution in [-0.4, -0.2) is 36.4 Å². The summed E-state index contributed by atoms with van der Waals surface area (Å²) in [5, 5.41) is 13.9. The lowest BCUT2D eigenvalue weighted by Crippen LogP contribution is -2.38. The summed E-state index contributed by atoms with van der Waals surface area (Å²) in [6.45, 7) is 2.38. The highest BCUT2D eigenvalue weighted by Gasteiger charge is 2.34. The number of benzene rings is 2. The van der Waals surface area contributed by atoms with Crippen LogP contribution < -0.4 is 5.32 Å². The Bertz CT molecular complexity index is 999. The van der Waals surface area contributed by atoms with Crippen LogP contribution in [0.5, 0.6) is 0 Å². The number of aliphatic hydroxyl groups is 1. The summed E-state index contributed by atoms with van der Waals surface area (Å²) in [7, 11) is 1.59. The van der Waals surface area contributed by atoms with E-state index < -0.39 is 18.0 Å². The number of methoxy groups -OCH3 is 1. The van der Waals surface area contributed by atoms with Crippen molar-refractivity contribution in [1.82, 2.24) is 10.3 Å². The molecule has 0 saturated heterocycles. The van der Waals surface area contributed by atoms with Crippen LogP contribution in [-0.2, 0) is 17.3 Å². The lowest BCUT2D eigenvalue weighted by Gasteiger charge is -2.21. The van der Waals surface area contributed by atoms with E-state index in [0.29, 0.717) is 18.6 Å². The molecule has 0 radical (unpaired) electrons. The van der Waals surface area contributed by atoms with Gasteiger partial charge in [-0.15, -0.1) is 0 Å². The van der Waals surface area contributed by atoms with Crippen molar-refractivity contribution in [1.29, 1.82) is 0 Å². The number of aryl methyl sites for hydroxylation is 1. The molecule has 0 spiro atoms. The third kappa shape index (κ3) is 7.85. The smallest absolute Gasteiger partial charge is 0.387 e. The van der Waals surface area contributed by atoms with E-state index in [1.807, 2.05) is 49.4 Å². The minimum atomic E-state index is -4.62. The van der Waals surface area contributed by atoms with Crippen LogP contribution in [0.3, 0.4) is 0 Å². The van der Waals surface area contributed by atoms with Gasteiger partial charge in [-0.1, -0.05) is 60.2 Å². The SMILES string of the molecule is COC[C@H](Cc1ccccc1)NCC(O)c1cc(-c2ccc(C)cc2)nc(C(F)(F)F)c1.S. The second-order valence-corrected chi connectivity index (χ2v) is 7.80. The summed E-state index contributed by atoms with van der Waals surface area (Å²) in [5.41, 5.74) is 1.96. The molecular formula is C25H29F3N2O2S. The Balaban J connectivity index is 0.00000385. The Morgan fingerprint density at radius 1 is 1.03 bits per heavy atom. The largest absolute Gasteiger partial charge is 0.433 e. The number of alkyl halides is 3. The van der Waals surface area contributed by atoms with Crippen molar-refractivity contribution in [3.63, 3.8) is 0 Å². The second kappa shape index (κ2) is 12.2. The maximum absolute atomic E-state index is 13.5. The van der Waals surface area contributed by atoms with E-state index in [1.165, 1.54) is 6.07 Å². The topological polar surface area (TPSA) is 54.4 Å². The van der Waals surface area contributed by atoms with Gasteiger partial charge in [-0.05, 0) is 36.6 Å². The predicted octanol–water partition coefficient (Wildman–Crippen LogP) is 5.07. The number of hydrogen-bond acceptors (Lipinski definition) is 4. The summed E-state index contributed by atoms with van der Waals surface area (Å²) < 4.78 is 45.7. The summed E-state index contributed by atoms with van der Waals surface area (Å²) >= 11 is 0. The molecular weight excluding hydrogens is 449 g/mol. The summed E-state index contributed by atoms with van der Waals surface area (Å²) in [6, 6.07) is 19.2. The fourth-order valence-electron chi connectivity index (χ4n) is 3.45. The minimum Gasteiger partial charge on any atom is -0.387 e. The van der Waals surface area contributed by atoms with E-state index >= 15 is 0 Å². The van der Waals surface area contributed by atoms with Crippen LogP contribution in [0.1, 0.15) is 28.5 Å². The molecule has 178 valence electrons. The van der Waals surface area contributed by atoms with Gasteiger partial charge in [0.2, 0.25) is 0 Å². The molecule has 3 aromatic rings. The Kier molecular flexibility index (Phi) is 9.91. The molecule has 0 amide bonds. The molecule has 0 aliphatic rings. The molecule has 1 heterocycles. The normalized spacial score (nSPS) is 13.3. The maximum atomic E-state index is 13.5. The number of ether oxygens (including phenoxy) is 1. The number of hydrogen-bond donors (Lipinski definition) is 2. The Labute approximate surface area is 199 Å². The van der Waals surface area contributed by atoms with E-state index in [1.54, 1.807) is 19.2 Å². The van der Waals surface area contributed by atoms with Crippen LogP contribution in [0.15, 0.2) is 66.7 Å². The van der Waals surface area contributed by atoms with Crippen LogP contribution in [0.4, 0.5) is 13.2 Å². The number of pyridine rings is 1. The van der Waals surface area contributed by atoms with Crippen molar-refractivity contribution in [2.75, 3.05) is 20.3 Å². The zero-order chi connectivity index (χ0) is 23.1. The van der Waals surface area contributed by atoms with Crippen molar-refractivity contribution >= 4 is 13.5 Å². The minimum absolute atomic E-state index is 0. The summed E-state index contributed by atoms with van der Waals surface area (Å²) in [5.74, 6) is 0. The zero-order valence-electron chi connectivity index (χ0n) is 18.6. The standard InChI is InChI=1S/C25H27F3N2O2.H2S/c1-17-8-10-19(11-9-17)22-13-20(14-24(30-22)25(26,27)28)23(31)15-29-21(16-32-2)12-18-6-4-3-5-7-18;/h3-11,13-14,21,23,29,31H,12,15-16H2,1-2H3;1H2/t21-,23?;/m0./s1. The van der Waals surface area contributed by atoms with Crippen LogP contribution in [0, 0.1) is 6.92 Å². The van der Waals surface area contributed by atoms with Crippen molar-refractivity contribution in [2.45, 2.75) is 31.7 Å².